The number of benzene rings is 2. The first-order valence-electron chi connectivity index (χ1n) is 10.4. The van der Waals surface area contributed by atoms with Gasteiger partial charge in [-0.25, -0.2) is 4.39 Å². The number of hydrogen-bond acceptors (Lipinski definition) is 2. The van der Waals surface area contributed by atoms with E-state index < -0.39 is 6.17 Å². The number of hydrogen-bond donors (Lipinski definition) is 0. The summed E-state index contributed by atoms with van der Waals surface area (Å²) in [4.78, 5) is 0. The zero-order valence-corrected chi connectivity index (χ0v) is 17.2. The monoisotopic (exact) mass is 388 g/mol. The van der Waals surface area contributed by atoms with Gasteiger partial charge in [0.1, 0.15) is 0 Å². The lowest BCUT2D eigenvalue weighted by molar-refractivity contribution is 0.330. The summed E-state index contributed by atoms with van der Waals surface area (Å²) < 4.78 is 13.0. The summed E-state index contributed by atoms with van der Waals surface area (Å²) in [6, 6.07) is 19.2. The van der Waals surface area contributed by atoms with E-state index in [1.165, 1.54) is 22.3 Å². The molecule has 0 bridgehead atoms. The summed E-state index contributed by atoms with van der Waals surface area (Å²) >= 11 is 0. The van der Waals surface area contributed by atoms with Gasteiger partial charge in [-0.1, -0.05) is 61.4 Å². The van der Waals surface area contributed by atoms with Gasteiger partial charge in [0.05, 0.1) is 11.9 Å². The van der Waals surface area contributed by atoms with Gasteiger partial charge < -0.3 is 0 Å². The fourth-order valence-electron chi connectivity index (χ4n) is 3.57. The van der Waals surface area contributed by atoms with Crippen LogP contribution in [0.5, 0.6) is 0 Å². The van der Waals surface area contributed by atoms with E-state index in [-0.39, 0.29) is 0 Å². The molecule has 29 heavy (non-hydrogen) atoms. The van der Waals surface area contributed by atoms with Crippen LogP contribution in [0, 0.1) is 0 Å². The molecule has 1 unspecified atom stereocenters. The van der Waals surface area contributed by atoms with E-state index in [1.54, 1.807) is 13.1 Å². The fraction of sp³-hybridized carbons (Fsp3) is 0.308. The Hall–Kier alpha value is -2.81. The quantitative estimate of drug-likeness (QED) is 0.276. The van der Waals surface area contributed by atoms with E-state index in [0.29, 0.717) is 6.42 Å². The predicted molar refractivity (Wildman–Crippen MR) is 120 cm³/mol. The standard InChI is InChI=1S/C26H29FN2/c1-3-8-21-12-15-23(16-13-21)25-19-22(10-6-4-5-9-20(2)27)14-17-24(25)26-11-7-18-28-29-26/h3,7,11-20H,1,4-6,8-10H2,2H3. The van der Waals surface area contributed by atoms with Crippen LogP contribution in [0.1, 0.15) is 43.7 Å². The SMILES string of the molecule is C=CCc1ccc(-c2cc(CCCCCC(C)F)ccc2-c2cccnn2)cc1. The third-order valence-electron chi connectivity index (χ3n) is 5.14. The van der Waals surface area contributed by atoms with Gasteiger partial charge in [0.25, 0.3) is 0 Å². The number of alkyl halides is 1. The average molecular weight is 389 g/mol. The Morgan fingerprint density at radius 3 is 2.45 bits per heavy atom. The summed E-state index contributed by atoms with van der Waals surface area (Å²) in [5.74, 6) is 0. The smallest absolute Gasteiger partial charge is 0.0973 e. The maximum Gasteiger partial charge on any atom is 0.0973 e. The van der Waals surface area contributed by atoms with Crippen molar-refractivity contribution in [2.24, 2.45) is 0 Å². The molecular weight excluding hydrogens is 359 g/mol. The topological polar surface area (TPSA) is 25.8 Å². The van der Waals surface area contributed by atoms with Crippen LogP contribution in [0.4, 0.5) is 4.39 Å². The van der Waals surface area contributed by atoms with E-state index >= 15 is 0 Å². The molecule has 2 aromatic carbocycles. The van der Waals surface area contributed by atoms with E-state index in [4.69, 9.17) is 0 Å². The lowest BCUT2D eigenvalue weighted by Gasteiger charge is -2.13. The van der Waals surface area contributed by atoms with Gasteiger partial charge >= 0.3 is 0 Å². The molecule has 0 saturated carbocycles. The minimum Gasteiger partial charge on any atom is -0.248 e. The Labute approximate surface area is 173 Å². The lowest BCUT2D eigenvalue weighted by atomic mass is 9.93. The highest BCUT2D eigenvalue weighted by Gasteiger charge is 2.10. The van der Waals surface area contributed by atoms with Gasteiger partial charge in [-0.15, -0.1) is 6.58 Å². The Kier molecular flexibility index (Phi) is 7.69. The highest BCUT2D eigenvalue weighted by atomic mass is 19.1. The van der Waals surface area contributed by atoms with E-state index in [2.05, 4.69) is 59.2 Å². The Bertz CT molecular complexity index is 902. The zero-order valence-electron chi connectivity index (χ0n) is 17.2. The van der Waals surface area contributed by atoms with Crippen molar-refractivity contribution in [1.82, 2.24) is 10.2 Å². The normalized spacial score (nSPS) is 11.9. The number of allylic oxidation sites excluding steroid dienone is 1. The molecule has 0 radical (unpaired) electrons. The van der Waals surface area contributed by atoms with Gasteiger partial charge in [0.2, 0.25) is 0 Å². The van der Waals surface area contributed by atoms with Crippen molar-refractivity contribution < 1.29 is 4.39 Å². The molecule has 3 heteroatoms. The number of aromatic nitrogens is 2. The van der Waals surface area contributed by atoms with E-state index in [0.717, 1.165) is 43.4 Å². The summed E-state index contributed by atoms with van der Waals surface area (Å²) in [6.07, 6.45) is 8.54. The van der Waals surface area contributed by atoms with Gasteiger partial charge in [-0.3, -0.25) is 0 Å². The third kappa shape index (κ3) is 6.08. The van der Waals surface area contributed by atoms with Crippen LogP contribution in [0.2, 0.25) is 0 Å². The lowest BCUT2D eigenvalue weighted by Crippen LogP contribution is -1.95. The third-order valence-corrected chi connectivity index (χ3v) is 5.14. The van der Waals surface area contributed by atoms with Crippen LogP contribution in [0.25, 0.3) is 22.4 Å². The number of unbranched alkanes of at least 4 members (excludes halogenated alkanes) is 2. The molecule has 0 amide bonds. The van der Waals surface area contributed by atoms with Crippen molar-refractivity contribution in [1.29, 1.82) is 0 Å². The van der Waals surface area contributed by atoms with Gasteiger partial charge in [-0.05, 0) is 67.0 Å². The molecule has 1 atom stereocenters. The van der Waals surface area contributed by atoms with Crippen LogP contribution in [0.3, 0.4) is 0 Å². The molecule has 3 rings (SSSR count). The number of halogens is 1. The van der Waals surface area contributed by atoms with Crippen LogP contribution < -0.4 is 0 Å². The predicted octanol–water partition coefficient (Wildman–Crippen LogP) is 7.00. The highest BCUT2D eigenvalue weighted by Crippen LogP contribution is 2.32. The molecular formula is C26H29FN2. The largest absolute Gasteiger partial charge is 0.248 e. The fourth-order valence-corrected chi connectivity index (χ4v) is 3.57. The molecule has 1 aromatic heterocycles. The second-order valence-electron chi connectivity index (χ2n) is 7.56. The molecule has 0 aliphatic rings. The zero-order chi connectivity index (χ0) is 20.5. The number of aryl methyl sites for hydroxylation is 1. The van der Waals surface area contributed by atoms with Crippen molar-refractivity contribution >= 4 is 0 Å². The maximum absolute atomic E-state index is 13.0. The molecule has 3 aromatic rings. The van der Waals surface area contributed by atoms with Gasteiger partial charge in [0.15, 0.2) is 0 Å². The van der Waals surface area contributed by atoms with Crippen LogP contribution in [0.15, 0.2) is 73.4 Å². The van der Waals surface area contributed by atoms with Crippen molar-refractivity contribution in [3.63, 3.8) is 0 Å². The Morgan fingerprint density at radius 2 is 1.76 bits per heavy atom. The second-order valence-corrected chi connectivity index (χ2v) is 7.56. The molecule has 0 aliphatic carbocycles. The first kappa shape index (κ1) is 20.9. The maximum atomic E-state index is 13.0. The van der Waals surface area contributed by atoms with E-state index in [9.17, 15) is 4.39 Å². The molecule has 1 heterocycles. The Morgan fingerprint density at radius 1 is 0.966 bits per heavy atom. The van der Waals surface area contributed by atoms with Crippen LogP contribution >= 0.6 is 0 Å². The summed E-state index contributed by atoms with van der Waals surface area (Å²) in [5, 5.41) is 8.37. The molecule has 150 valence electrons. The summed E-state index contributed by atoms with van der Waals surface area (Å²) in [6.45, 7) is 5.45. The van der Waals surface area contributed by atoms with Crippen LogP contribution in [-0.4, -0.2) is 16.4 Å². The Balaban J connectivity index is 1.84. The summed E-state index contributed by atoms with van der Waals surface area (Å²) in [5.41, 5.74) is 6.86. The number of rotatable bonds is 10. The first-order chi connectivity index (χ1) is 14.2. The van der Waals surface area contributed by atoms with Crippen LogP contribution in [-0.2, 0) is 12.8 Å². The molecule has 0 spiro atoms. The second kappa shape index (κ2) is 10.7. The minimum absolute atomic E-state index is 0.661. The summed E-state index contributed by atoms with van der Waals surface area (Å²) in [7, 11) is 0. The van der Waals surface area contributed by atoms with Gasteiger partial charge in [0, 0.05) is 11.8 Å². The van der Waals surface area contributed by atoms with Gasteiger partial charge in [-0.2, -0.15) is 10.2 Å². The van der Waals surface area contributed by atoms with Crippen molar-refractivity contribution in [3.05, 3.63) is 84.6 Å². The van der Waals surface area contributed by atoms with Crippen molar-refractivity contribution in [3.8, 4) is 22.4 Å². The molecule has 2 nitrogen and oxygen atoms in total. The molecule has 0 fully saturated rings. The van der Waals surface area contributed by atoms with Crippen molar-refractivity contribution in [2.75, 3.05) is 0 Å². The molecule has 0 saturated heterocycles. The number of nitrogens with zero attached hydrogens (tertiary/aromatic N) is 2. The highest BCUT2D eigenvalue weighted by molar-refractivity contribution is 5.82. The average Bonchev–Trinajstić information content (AvgIpc) is 2.75. The molecule has 0 aliphatic heterocycles. The van der Waals surface area contributed by atoms with E-state index in [1.807, 2.05) is 18.2 Å². The minimum atomic E-state index is -0.697. The molecule has 0 N–H and O–H groups in total. The van der Waals surface area contributed by atoms with Crippen molar-refractivity contribution in [2.45, 2.75) is 51.6 Å². The first-order valence-corrected chi connectivity index (χ1v) is 10.4.